The molecule has 72 valence electrons. The van der Waals surface area contributed by atoms with Crippen LogP contribution in [0.3, 0.4) is 0 Å². The first-order valence-corrected chi connectivity index (χ1v) is 5.70. The second-order valence-electron chi connectivity index (χ2n) is 4.60. The fourth-order valence-electron chi connectivity index (χ4n) is 2.14. The molecule has 0 unspecified atom stereocenters. The van der Waals surface area contributed by atoms with Gasteiger partial charge in [-0.15, -0.1) is 0 Å². The molecule has 3 rings (SSSR count). The molecular weight excluding hydrogens is 168 g/mol. The lowest BCUT2D eigenvalue weighted by atomic mass is 10.0. The zero-order chi connectivity index (χ0) is 9.38. The Morgan fingerprint density at radius 2 is 1.50 bits per heavy atom. The van der Waals surface area contributed by atoms with Crippen molar-refractivity contribution in [3.8, 4) is 0 Å². The summed E-state index contributed by atoms with van der Waals surface area (Å²) in [4.78, 5) is 0. The van der Waals surface area contributed by atoms with Gasteiger partial charge in [-0.2, -0.15) is 0 Å². The lowest BCUT2D eigenvalue weighted by Gasteiger charge is -2.03. The Bertz CT molecular complexity index is 326. The summed E-state index contributed by atoms with van der Waals surface area (Å²) >= 11 is 0. The van der Waals surface area contributed by atoms with E-state index < -0.39 is 0 Å². The van der Waals surface area contributed by atoms with Crippen molar-refractivity contribution in [2.24, 2.45) is 11.8 Å². The standard InChI is InChI=1S/C14H16/c1-2-4-11(5-3-1)10-14(12-6-7-12)13-8-9-13/h1-5,10,12-13H,6-9H2. The predicted molar refractivity (Wildman–Crippen MR) is 59.9 cm³/mol. The molecule has 0 radical (unpaired) electrons. The molecule has 2 fully saturated rings. The first kappa shape index (κ1) is 8.28. The van der Waals surface area contributed by atoms with Crippen LogP contribution in [-0.4, -0.2) is 0 Å². The summed E-state index contributed by atoms with van der Waals surface area (Å²) in [6.07, 6.45) is 8.20. The van der Waals surface area contributed by atoms with E-state index in [0.29, 0.717) is 0 Å². The maximum Gasteiger partial charge on any atom is -0.0197 e. The monoisotopic (exact) mass is 184 g/mol. The summed E-state index contributed by atoms with van der Waals surface area (Å²) in [6.45, 7) is 0. The van der Waals surface area contributed by atoms with E-state index in [-0.39, 0.29) is 0 Å². The SMILES string of the molecule is C(=C(C1CC1)C1CC1)c1ccccc1. The van der Waals surface area contributed by atoms with Crippen LogP contribution in [0.2, 0.25) is 0 Å². The number of hydrogen-bond donors (Lipinski definition) is 0. The third kappa shape index (κ3) is 1.75. The summed E-state index contributed by atoms with van der Waals surface area (Å²) in [7, 11) is 0. The highest BCUT2D eigenvalue weighted by atomic mass is 14.4. The first-order valence-electron chi connectivity index (χ1n) is 5.70. The van der Waals surface area contributed by atoms with Crippen LogP contribution >= 0.6 is 0 Å². The van der Waals surface area contributed by atoms with Gasteiger partial charge in [0.05, 0.1) is 0 Å². The first-order chi connectivity index (χ1) is 6.93. The predicted octanol–water partition coefficient (Wildman–Crippen LogP) is 3.89. The number of allylic oxidation sites excluding steroid dienone is 1. The van der Waals surface area contributed by atoms with E-state index in [2.05, 4.69) is 36.4 Å². The molecular formula is C14H16. The summed E-state index contributed by atoms with van der Waals surface area (Å²) in [5, 5.41) is 0. The molecule has 1 aromatic rings. The molecule has 14 heavy (non-hydrogen) atoms. The van der Waals surface area contributed by atoms with Crippen LogP contribution in [0.15, 0.2) is 35.9 Å². The lowest BCUT2D eigenvalue weighted by molar-refractivity contribution is 0.868. The second kappa shape index (κ2) is 3.27. The third-order valence-corrected chi connectivity index (χ3v) is 3.23. The van der Waals surface area contributed by atoms with Crippen molar-refractivity contribution in [2.45, 2.75) is 25.7 Å². The highest BCUT2D eigenvalue weighted by Crippen LogP contribution is 2.49. The van der Waals surface area contributed by atoms with Gasteiger partial charge >= 0.3 is 0 Å². The number of hydrogen-bond acceptors (Lipinski definition) is 0. The number of benzene rings is 1. The van der Waals surface area contributed by atoms with Crippen LogP contribution in [0.1, 0.15) is 31.2 Å². The Balaban J connectivity index is 1.86. The molecule has 0 bridgehead atoms. The van der Waals surface area contributed by atoms with Crippen LogP contribution < -0.4 is 0 Å². The average Bonchev–Trinajstić information content (AvgIpc) is 3.08. The van der Waals surface area contributed by atoms with Gasteiger partial charge in [0.2, 0.25) is 0 Å². The zero-order valence-corrected chi connectivity index (χ0v) is 8.45. The van der Waals surface area contributed by atoms with Crippen molar-refractivity contribution in [1.29, 1.82) is 0 Å². The Kier molecular flexibility index (Phi) is 1.93. The van der Waals surface area contributed by atoms with Gasteiger partial charge in [-0.1, -0.05) is 42.0 Å². The maximum atomic E-state index is 2.44. The minimum Gasteiger partial charge on any atom is -0.0634 e. The molecule has 0 heteroatoms. The highest BCUT2D eigenvalue weighted by Gasteiger charge is 2.35. The molecule has 0 N–H and O–H groups in total. The Morgan fingerprint density at radius 3 is 2.00 bits per heavy atom. The number of rotatable bonds is 3. The molecule has 2 aliphatic carbocycles. The largest absolute Gasteiger partial charge is 0.0634 e. The fourth-order valence-corrected chi connectivity index (χ4v) is 2.14. The molecule has 0 atom stereocenters. The molecule has 0 saturated heterocycles. The fraction of sp³-hybridized carbons (Fsp3) is 0.429. The van der Waals surface area contributed by atoms with Crippen molar-refractivity contribution in [2.75, 3.05) is 0 Å². The van der Waals surface area contributed by atoms with E-state index in [0.717, 1.165) is 11.8 Å². The van der Waals surface area contributed by atoms with Crippen molar-refractivity contribution < 1.29 is 0 Å². The van der Waals surface area contributed by atoms with Crippen molar-refractivity contribution in [3.05, 3.63) is 41.5 Å². The minimum absolute atomic E-state index is 0.947. The van der Waals surface area contributed by atoms with Crippen LogP contribution in [0, 0.1) is 11.8 Å². The maximum absolute atomic E-state index is 2.44. The summed E-state index contributed by atoms with van der Waals surface area (Å²) in [6, 6.07) is 10.8. The van der Waals surface area contributed by atoms with Gasteiger partial charge in [-0.3, -0.25) is 0 Å². The molecule has 1 aromatic carbocycles. The zero-order valence-electron chi connectivity index (χ0n) is 8.45. The lowest BCUT2D eigenvalue weighted by Crippen LogP contribution is -1.88. The molecule has 0 aromatic heterocycles. The molecule has 2 saturated carbocycles. The third-order valence-electron chi connectivity index (χ3n) is 3.23. The quantitative estimate of drug-likeness (QED) is 0.668. The van der Waals surface area contributed by atoms with Crippen LogP contribution in [-0.2, 0) is 0 Å². The van der Waals surface area contributed by atoms with E-state index >= 15 is 0 Å². The van der Waals surface area contributed by atoms with Gasteiger partial charge < -0.3 is 0 Å². The summed E-state index contributed by atoms with van der Waals surface area (Å²) < 4.78 is 0. The van der Waals surface area contributed by atoms with Crippen molar-refractivity contribution in [1.82, 2.24) is 0 Å². The van der Waals surface area contributed by atoms with E-state index in [1.165, 1.54) is 31.2 Å². The normalized spacial score (nSPS) is 20.6. The van der Waals surface area contributed by atoms with E-state index in [4.69, 9.17) is 0 Å². The smallest absolute Gasteiger partial charge is 0.0197 e. The van der Waals surface area contributed by atoms with Gasteiger partial charge in [0.15, 0.2) is 0 Å². The summed E-state index contributed by atoms with van der Waals surface area (Å²) in [5.74, 6) is 1.89. The van der Waals surface area contributed by atoms with Crippen LogP contribution in [0.25, 0.3) is 6.08 Å². The van der Waals surface area contributed by atoms with Crippen molar-refractivity contribution >= 4 is 6.08 Å². The van der Waals surface area contributed by atoms with Gasteiger partial charge in [0.25, 0.3) is 0 Å². The molecule has 0 aliphatic heterocycles. The second-order valence-corrected chi connectivity index (χ2v) is 4.60. The summed E-state index contributed by atoms with van der Waals surface area (Å²) in [5.41, 5.74) is 3.14. The highest BCUT2D eigenvalue weighted by molar-refractivity contribution is 5.55. The van der Waals surface area contributed by atoms with Gasteiger partial charge in [0.1, 0.15) is 0 Å². The van der Waals surface area contributed by atoms with Gasteiger partial charge in [0, 0.05) is 0 Å². The van der Waals surface area contributed by atoms with E-state index in [1.807, 2.05) is 0 Å². The molecule has 2 aliphatic rings. The van der Waals surface area contributed by atoms with Crippen molar-refractivity contribution in [3.63, 3.8) is 0 Å². The topological polar surface area (TPSA) is 0 Å². The van der Waals surface area contributed by atoms with E-state index in [9.17, 15) is 0 Å². The minimum atomic E-state index is 0.947. The average molecular weight is 184 g/mol. The Hall–Kier alpha value is -1.04. The molecule has 0 nitrogen and oxygen atoms in total. The van der Waals surface area contributed by atoms with Crippen LogP contribution in [0.5, 0.6) is 0 Å². The van der Waals surface area contributed by atoms with E-state index in [1.54, 1.807) is 5.57 Å². The molecule has 0 spiro atoms. The van der Waals surface area contributed by atoms with Crippen LogP contribution in [0.4, 0.5) is 0 Å². The molecule has 0 heterocycles. The Morgan fingerprint density at radius 1 is 0.929 bits per heavy atom. The van der Waals surface area contributed by atoms with Gasteiger partial charge in [-0.25, -0.2) is 0 Å². The Labute approximate surface area is 85.6 Å². The van der Waals surface area contributed by atoms with Gasteiger partial charge in [-0.05, 0) is 43.1 Å². The molecule has 0 amide bonds.